The molecule has 1 N–H and O–H groups in total. The van der Waals surface area contributed by atoms with Crippen molar-refractivity contribution in [2.75, 3.05) is 13.6 Å². The maximum absolute atomic E-state index is 10.7. The van der Waals surface area contributed by atoms with Crippen molar-refractivity contribution < 1.29 is 9.90 Å². The van der Waals surface area contributed by atoms with Crippen LogP contribution in [0.3, 0.4) is 0 Å². The molecule has 13 heavy (non-hydrogen) atoms. The van der Waals surface area contributed by atoms with Gasteiger partial charge in [0.05, 0.1) is 0 Å². The maximum Gasteiger partial charge on any atom is 0.320 e. The van der Waals surface area contributed by atoms with Crippen LogP contribution in [-0.2, 0) is 4.79 Å². The summed E-state index contributed by atoms with van der Waals surface area (Å²) in [7, 11) is 1.87. The van der Waals surface area contributed by atoms with Gasteiger partial charge in [-0.05, 0) is 19.9 Å². The molecule has 0 saturated heterocycles. The number of likely N-dealkylation sites (N-methyl/N-ethyl adjacent to an activating group) is 1. The molecule has 3 heteroatoms. The fraction of sp³-hybridized carbons (Fsp3) is 0.900. The smallest absolute Gasteiger partial charge is 0.320 e. The minimum Gasteiger partial charge on any atom is -0.480 e. The molecule has 3 nitrogen and oxygen atoms in total. The van der Waals surface area contributed by atoms with Gasteiger partial charge < -0.3 is 5.11 Å². The molecule has 0 rings (SSSR count). The quantitative estimate of drug-likeness (QED) is 0.689. The highest BCUT2D eigenvalue weighted by atomic mass is 16.4. The summed E-state index contributed by atoms with van der Waals surface area (Å²) in [6.07, 6.45) is 2.24. The van der Waals surface area contributed by atoms with E-state index < -0.39 is 5.97 Å². The second-order valence-corrected chi connectivity index (χ2v) is 3.64. The first-order chi connectivity index (χ1) is 6.02. The summed E-state index contributed by atoms with van der Waals surface area (Å²) in [6, 6.07) is -0.374. The SMILES string of the molecule is CCC(CC)CN(C)C(C)C(=O)O. The van der Waals surface area contributed by atoms with Crippen LogP contribution in [-0.4, -0.2) is 35.6 Å². The van der Waals surface area contributed by atoms with E-state index in [0.29, 0.717) is 5.92 Å². The van der Waals surface area contributed by atoms with Crippen molar-refractivity contribution in [3.8, 4) is 0 Å². The van der Waals surface area contributed by atoms with Crippen LogP contribution in [0.5, 0.6) is 0 Å². The summed E-state index contributed by atoms with van der Waals surface area (Å²) < 4.78 is 0. The monoisotopic (exact) mass is 187 g/mol. The number of nitrogens with zero attached hydrogens (tertiary/aromatic N) is 1. The molecule has 0 radical (unpaired) electrons. The summed E-state index contributed by atoms with van der Waals surface area (Å²) in [5.74, 6) is -0.125. The van der Waals surface area contributed by atoms with Gasteiger partial charge in [-0.15, -0.1) is 0 Å². The number of carboxylic acid groups (broad SMARTS) is 1. The molecule has 0 saturated carbocycles. The zero-order valence-electron chi connectivity index (χ0n) is 9.08. The van der Waals surface area contributed by atoms with Gasteiger partial charge in [-0.2, -0.15) is 0 Å². The summed E-state index contributed by atoms with van der Waals surface area (Å²) in [5, 5.41) is 8.77. The minimum atomic E-state index is -0.742. The Morgan fingerprint density at radius 3 is 2.15 bits per heavy atom. The van der Waals surface area contributed by atoms with Crippen LogP contribution in [0, 0.1) is 5.92 Å². The Labute approximate surface area is 80.7 Å². The Morgan fingerprint density at radius 1 is 1.38 bits per heavy atom. The standard InChI is InChI=1S/C10H21NO2/c1-5-9(6-2)7-11(4)8(3)10(12)13/h8-9H,5-7H2,1-4H3,(H,12,13). The fourth-order valence-corrected chi connectivity index (χ4v) is 1.30. The number of carbonyl (C=O) groups is 1. The van der Waals surface area contributed by atoms with Crippen molar-refractivity contribution in [2.24, 2.45) is 5.92 Å². The molecule has 0 heterocycles. The van der Waals surface area contributed by atoms with Crippen LogP contribution in [0.2, 0.25) is 0 Å². The van der Waals surface area contributed by atoms with Crippen molar-refractivity contribution in [1.82, 2.24) is 4.90 Å². The molecule has 1 unspecified atom stereocenters. The summed E-state index contributed by atoms with van der Waals surface area (Å²) >= 11 is 0. The second-order valence-electron chi connectivity index (χ2n) is 3.64. The predicted molar refractivity (Wildman–Crippen MR) is 53.8 cm³/mol. The van der Waals surface area contributed by atoms with Crippen molar-refractivity contribution in [2.45, 2.75) is 39.7 Å². The molecule has 0 aliphatic carbocycles. The number of hydrogen-bond acceptors (Lipinski definition) is 2. The largest absolute Gasteiger partial charge is 0.480 e. The first-order valence-electron chi connectivity index (χ1n) is 4.95. The lowest BCUT2D eigenvalue weighted by Gasteiger charge is -2.25. The first-order valence-corrected chi connectivity index (χ1v) is 4.95. The van der Waals surface area contributed by atoms with Gasteiger partial charge in [0.1, 0.15) is 6.04 Å². The Bertz CT molecular complexity index is 155. The molecular weight excluding hydrogens is 166 g/mol. The average Bonchev–Trinajstić information content (AvgIpc) is 2.12. The molecule has 0 spiro atoms. The van der Waals surface area contributed by atoms with E-state index in [-0.39, 0.29) is 6.04 Å². The molecule has 1 atom stereocenters. The third kappa shape index (κ3) is 4.27. The van der Waals surface area contributed by atoms with E-state index in [1.165, 1.54) is 0 Å². The normalized spacial score (nSPS) is 13.7. The Morgan fingerprint density at radius 2 is 1.85 bits per heavy atom. The molecule has 0 fully saturated rings. The highest BCUT2D eigenvalue weighted by molar-refractivity contribution is 5.72. The molecule has 0 bridgehead atoms. The van der Waals surface area contributed by atoms with Crippen molar-refractivity contribution in [3.63, 3.8) is 0 Å². The summed E-state index contributed by atoms with van der Waals surface area (Å²) in [5.41, 5.74) is 0. The number of hydrogen-bond donors (Lipinski definition) is 1. The second kappa shape index (κ2) is 5.97. The van der Waals surface area contributed by atoms with E-state index in [1.54, 1.807) is 6.92 Å². The van der Waals surface area contributed by atoms with Gasteiger partial charge >= 0.3 is 5.97 Å². The van der Waals surface area contributed by atoms with Gasteiger partial charge in [0.15, 0.2) is 0 Å². The molecule has 0 aromatic rings. The third-order valence-electron chi connectivity index (χ3n) is 2.72. The van der Waals surface area contributed by atoms with Crippen molar-refractivity contribution >= 4 is 5.97 Å². The topological polar surface area (TPSA) is 40.5 Å². The molecule has 78 valence electrons. The average molecular weight is 187 g/mol. The van der Waals surface area contributed by atoms with Gasteiger partial charge in [0.2, 0.25) is 0 Å². The zero-order chi connectivity index (χ0) is 10.4. The Kier molecular flexibility index (Phi) is 5.71. The molecule has 0 aromatic heterocycles. The fourth-order valence-electron chi connectivity index (χ4n) is 1.30. The van der Waals surface area contributed by atoms with E-state index in [9.17, 15) is 4.79 Å². The Hall–Kier alpha value is -0.570. The minimum absolute atomic E-state index is 0.374. The number of aliphatic carboxylic acids is 1. The van der Waals surface area contributed by atoms with E-state index in [2.05, 4.69) is 13.8 Å². The summed E-state index contributed by atoms with van der Waals surface area (Å²) in [6.45, 7) is 6.89. The van der Waals surface area contributed by atoms with Gasteiger partial charge in [-0.1, -0.05) is 26.7 Å². The van der Waals surface area contributed by atoms with Gasteiger partial charge in [0, 0.05) is 6.54 Å². The van der Waals surface area contributed by atoms with Crippen LogP contribution >= 0.6 is 0 Å². The van der Waals surface area contributed by atoms with Crippen molar-refractivity contribution in [3.05, 3.63) is 0 Å². The van der Waals surface area contributed by atoms with E-state index >= 15 is 0 Å². The number of rotatable bonds is 6. The van der Waals surface area contributed by atoms with Gasteiger partial charge in [-0.3, -0.25) is 9.69 Å². The van der Waals surface area contributed by atoms with Crippen LogP contribution in [0.15, 0.2) is 0 Å². The van der Waals surface area contributed by atoms with Crippen LogP contribution < -0.4 is 0 Å². The highest BCUT2D eigenvalue weighted by Crippen LogP contribution is 2.10. The van der Waals surface area contributed by atoms with Crippen molar-refractivity contribution in [1.29, 1.82) is 0 Å². The summed E-state index contributed by atoms with van der Waals surface area (Å²) in [4.78, 5) is 12.6. The molecule has 0 amide bonds. The van der Waals surface area contributed by atoms with Gasteiger partial charge in [-0.25, -0.2) is 0 Å². The molecular formula is C10H21NO2. The highest BCUT2D eigenvalue weighted by Gasteiger charge is 2.18. The van der Waals surface area contributed by atoms with Crippen LogP contribution in [0.1, 0.15) is 33.6 Å². The Balaban J connectivity index is 3.97. The van der Waals surface area contributed by atoms with E-state index in [4.69, 9.17) is 5.11 Å². The molecule has 0 aliphatic heterocycles. The maximum atomic E-state index is 10.7. The van der Waals surface area contributed by atoms with Gasteiger partial charge in [0.25, 0.3) is 0 Å². The molecule has 0 aromatic carbocycles. The first kappa shape index (κ1) is 12.4. The van der Waals surface area contributed by atoms with Crippen LogP contribution in [0.4, 0.5) is 0 Å². The van der Waals surface area contributed by atoms with E-state index in [1.807, 2.05) is 11.9 Å². The lowest BCUT2D eigenvalue weighted by atomic mass is 10.0. The number of carboxylic acids is 1. The zero-order valence-corrected chi connectivity index (χ0v) is 9.08. The van der Waals surface area contributed by atoms with Crippen LogP contribution in [0.25, 0.3) is 0 Å². The lowest BCUT2D eigenvalue weighted by molar-refractivity contribution is -0.142. The molecule has 0 aliphatic rings. The van der Waals surface area contributed by atoms with E-state index in [0.717, 1.165) is 19.4 Å². The lowest BCUT2D eigenvalue weighted by Crippen LogP contribution is -2.38. The third-order valence-corrected chi connectivity index (χ3v) is 2.72. The predicted octanol–water partition coefficient (Wildman–Crippen LogP) is 1.83.